The molecular formula is C13H12F4N2O2. The quantitative estimate of drug-likeness (QED) is 0.819. The number of hydrogen-bond acceptors (Lipinski definition) is 2. The average Bonchev–Trinajstić information content (AvgIpc) is 2.40. The van der Waals surface area contributed by atoms with Crippen molar-refractivity contribution in [1.82, 2.24) is 10.6 Å². The van der Waals surface area contributed by atoms with Crippen LogP contribution < -0.4 is 10.6 Å². The lowest BCUT2D eigenvalue weighted by molar-refractivity contribution is -0.137. The van der Waals surface area contributed by atoms with Crippen molar-refractivity contribution in [3.05, 3.63) is 35.1 Å². The van der Waals surface area contributed by atoms with E-state index in [9.17, 15) is 27.2 Å². The van der Waals surface area contributed by atoms with Crippen LogP contribution in [0.4, 0.5) is 17.6 Å². The maximum atomic E-state index is 13.5. The zero-order valence-electron chi connectivity index (χ0n) is 10.8. The van der Waals surface area contributed by atoms with Crippen molar-refractivity contribution in [2.75, 3.05) is 6.54 Å². The van der Waals surface area contributed by atoms with Gasteiger partial charge >= 0.3 is 6.18 Å². The van der Waals surface area contributed by atoms with Crippen molar-refractivity contribution in [3.63, 3.8) is 0 Å². The molecule has 21 heavy (non-hydrogen) atoms. The summed E-state index contributed by atoms with van der Waals surface area (Å²) in [5, 5.41) is 4.93. The van der Waals surface area contributed by atoms with Crippen molar-refractivity contribution in [3.8, 4) is 0 Å². The molecule has 0 spiro atoms. The van der Waals surface area contributed by atoms with E-state index < -0.39 is 35.1 Å². The molecule has 1 fully saturated rings. The van der Waals surface area contributed by atoms with Crippen LogP contribution in [-0.2, 0) is 11.0 Å². The van der Waals surface area contributed by atoms with Gasteiger partial charge in [0.2, 0.25) is 5.91 Å². The molecule has 0 aliphatic carbocycles. The van der Waals surface area contributed by atoms with Gasteiger partial charge in [0.05, 0.1) is 11.1 Å². The first kappa shape index (κ1) is 15.3. The highest BCUT2D eigenvalue weighted by molar-refractivity contribution is 5.95. The molecule has 1 unspecified atom stereocenters. The molecular weight excluding hydrogens is 292 g/mol. The molecule has 0 radical (unpaired) electrons. The third-order valence-corrected chi connectivity index (χ3v) is 3.14. The molecule has 2 rings (SSSR count). The Labute approximate surface area is 117 Å². The first-order valence-electron chi connectivity index (χ1n) is 6.21. The van der Waals surface area contributed by atoms with Gasteiger partial charge in [-0.1, -0.05) is 0 Å². The summed E-state index contributed by atoms with van der Waals surface area (Å²) in [6.45, 7) is 0.172. The lowest BCUT2D eigenvalue weighted by Gasteiger charge is -2.23. The van der Waals surface area contributed by atoms with Gasteiger partial charge in [0.25, 0.3) is 5.91 Å². The molecule has 8 heteroatoms. The van der Waals surface area contributed by atoms with E-state index in [1.165, 1.54) is 0 Å². The molecule has 0 bridgehead atoms. The average molecular weight is 304 g/mol. The molecule has 1 heterocycles. The summed E-state index contributed by atoms with van der Waals surface area (Å²) < 4.78 is 51.2. The van der Waals surface area contributed by atoms with Crippen LogP contribution in [-0.4, -0.2) is 24.4 Å². The fourth-order valence-corrected chi connectivity index (χ4v) is 1.99. The smallest absolute Gasteiger partial charge is 0.354 e. The van der Waals surface area contributed by atoms with Crippen LogP contribution in [0.5, 0.6) is 0 Å². The Morgan fingerprint density at radius 3 is 2.62 bits per heavy atom. The zero-order chi connectivity index (χ0) is 15.6. The van der Waals surface area contributed by atoms with Gasteiger partial charge in [-0.05, 0) is 24.6 Å². The Morgan fingerprint density at radius 2 is 2.05 bits per heavy atom. The third-order valence-electron chi connectivity index (χ3n) is 3.14. The Bertz CT molecular complexity index is 562. The second-order valence-electron chi connectivity index (χ2n) is 4.71. The van der Waals surface area contributed by atoms with E-state index in [-0.39, 0.29) is 18.9 Å². The molecule has 0 saturated carbocycles. The number of carbonyl (C=O) groups is 2. The Kier molecular flexibility index (Phi) is 4.15. The highest BCUT2D eigenvalue weighted by Crippen LogP contribution is 2.30. The molecule has 1 aliphatic heterocycles. The number of piperidine rings is 1. The molecule has 1 aromatic rings. The highest BCUT2D eigenvalue weighted by atomic mass is 19.4. The Balaban J connectivity index is 2.13. The minimum Gasteiger partial charge on any atom is -0.354 e. The van der Waals surface area contributed by atoms with Crippen molar-refractivity contribution >= 4 is 11.8 Å². The van der Waals surface area contributed by atoms with Crippen LogP contribution >= 0.6 is 0 Å². The van der Waals surface area contributed by atoms with Crippen molar-refractivity contribution in [2.45, 2.75) is 25.1 Å². The standard InChI is InChI=1S/C13H12F4N2O2/c14-10-3-1-7(13(15,16)17)5-9(10)12(21)19-8-2-4-11(20)18-6-8/h1,3,5,8H,2,4,6H2,(H,18,20)(H,19,21). The number of halogens is 4. The SMILES string of the molecule is O=C1CCC(NC(=O)c2cc(C(F)(F)F)ccc2F)CN1. The van der Waals surface area contributed by atoms with Gasteiger partial charge < -0.3 is 10.6 Å². The van der Waals surface area contributed by atoms with Crippen molar-refractivity contribution in [2.24, 2.45) is 0 Å². The van der Waals surface area contributed by atoms with Crippen LogP contribution in [0.1, 0.15) is 28.8 Å². The van der Waals surface area contributed by atoms with Crippen LogP contribution in [0.2, 0.25) is 0 Å². The molecule has 1 aliphatic rings. The predicted octanol–water partition coefficient (Wildman–Crippen LogP) is 1.85. The largest absolute Gasteiger partial charge is 0.416 e. The van der Waals surface area contributed by atoms with Gasteiger partial charge in [-0.3, -0.25) is 9.59 Å². The number of carbonyl (C=O) groups excluding carboxylic acids is 2. The molecule has 2 N–H and O–H groups in total. The van der Waals surface area contributed by atoms with E-state index >= 15 is 0 Å². The van der Waals surface area contributed by atoms with Gasteiger partial charge in [-0.15, -0.1) is 0 Å². The van der Waals surface area contributed by atoms with Gasteiger partial charge in [0, 0.05) is 19.0 Å². The Hall–Kier alpha value is -2.12. The summed E-state index contributed by atoms with van der Waals surface area (Å²) in [6.07, 6.45) is -4.09. The summed E-state index contributed by atoms with van der Waals surface area (Å²) in [7, 11) is 0. The van der Waals surface area contributed by atoms with Crippen molar-refractivity contribution in [1.29, 1.82) is 0 Å². The second kappa shape index (κ2) is 5.71. The molecule has 1 aromatic carbocycles. The first-order chi connectivity index (χ1) is 9.77. The maximum absolute atomic E-state index is 13.5. The summed E-state index contributed by atoms with van der Waals surface area (Å²) in [6, 6.07) is 1.24. The minimum atomic E-state index is -4.65. The maximum Gasteiger partial charge on any atom is 0.416 e. The van der Waals surface area contributed by atoms with Crippen LogP contribution in [0, 0.1) is 5.82 Å². The molecule has 4 nitrogen and oxygen atoms in total. The van der Waals surface area contributed by atoms with Gasteiger partial charge in [-0.25, -0.2) is 4.39 Å². The lowest BCUT2D eigenvalue weighted by Crippen LogP contribution is -2.47. The first-order valence-corrected chi connectivity index (χ1v) is 6.21. The fourth-order valence-electron chi connectivity index (χ4n) is 1.99. The topological polar surface area (TPSA) is 58.2 Å². The van der Waals surface area contributed by atoms with E-state index in [1.807, 2.05) is 0 Å². The summed E-state index contributed by atoms with van der Waals surface area (Å²) in [5.41, 5.74) is -1.76. The summed E-state index contributed by atoms with van der Waals surface area (Å²) in [5.74, 6) is -2.12. The number of rotatable bonds is 2. The van der Waals surface area contributed by atoms with Crippen LogP contribution in [0.3, 0.4) is 0 Å². The van der Waals surface area contributed by atoms with Crippen LogP contribution in [0.15, 0.2) is 18.2 Å². The second-order valence-corrected chi connectivity index (χ2v) is 4.71. The molecule has 114 valence electrons. The summed E-state index contributed by atoms with van der Waals surface area (Å²) in [4.78, 5) is 22.8. The third kappa shape index (κ3) is 3.71. The number of alkyl halides is 3. The van der Waals surface area contributed by atoms with E-state index in [0.717, 1.165) is 0 Å². The molecule has 1 atom stereocenters. The number of amides is 2. The van der Waals surface area contributed by atoms with Gasteiger partial charge in [0.15, 0.2) is 0 Å². The van der Waals surface area contributed by atoms with E-state index in [2.05, 4.69) is 10.6 Å². The zero-order valence-corrected chi connectivity index (χ0v) is 10.8. The summed E-state index contributed by atoms with van der Waals surface area (Å²) >= 11 is 0. The molecule has 0 aromatic heterocycles. The number of hydrogen-bond donors (Lipinski definition) is 2. The van der Waals surface area contributed by atoms with Gasteiger partial charge in [-0.2, -0.15) is 13.2 Å². The lowest BCUT2D eigenvalue weighted by atomic mass is 10.1. The van der Waals surface area contributed by atoms with Gasteiger partial charge in [0.1, 0.15) is 5.82 Å². The Morgan fingerprint density at radius 1 is 1.33 bits per heavy atom. The predicted molar refractivity (Wildman–Crippen MR) is 64.9 cm³/mol. The minimum absolute atomic E-state index is 0.161. The van der Waals surface area contributed by atoms with E-state index in [1.54, 1.807) is 0 Å². The van der Waals surface area contributed by atoms with E-state index in [0.29, 0.717) is 24.6 Å². The number of nitrogens with one attached hydrogen (secondary N) is 2. The number of benzene rings is 1. The molecule has 2 amide bonds. The van der Waals surface area contributed by atoms with E-state index in [4.69, 9.17) is 0 Å². The molecule has 1 saturated heterocycles. The van der Waals surface area contributed by atoms with Crippen LogP contribution in [0.25, 0.3) is 0 Å². The monoisotopic (exact) mass is 304 g/mol. The highest BCUT2D eigenvalue weighted by Gasteiger charge is 2.32. The normalized spacial score (nSPS) is 19.0. The fraction of sp³-hybridized carbons (Fsp3) is 0.385. The van der Waals surface area contributed by atoms with Crippen molar-refractivity contribution < 1.29 is 27.2 Å².